The molecule has 0 atom stereocenters. The van der Waals surface area contributed by atoms with Crippen molar-refractivity contribution in [2.75, 3.05) is 39.3 Å². The summed E-state index contributed by atoms with van der Waals surface area (Å²) in [7, 11) is 0. The molecule has 0 amide bonds. The first-order chi connectivity index (χ1) is 12.5. The van der Waals surface area contributed by atoms with Gasteiger partial charge < -0.3 is 15.5 Å². The van der Waals surface area contributed by atoms with E-state index in [0.29, 0.717) is 30.5 Å². The van der Waals surface area contributed by atoms with Gasteiger partial charge in [0.2, 0.25) is 0 Å². The van der Waals surface area contributed by atoms with Crippen molar-refractivity contribution in [3.05, 3.63) is 16.1 Å². The fourth-order valence-electron chi connectivity index (χ4n) is 2.85. The molecular formula is C17H28F3N5S. The summed E-state index contributed by atoms with van der Waals surface area (Å²) in [4.78, 5) is 10.7. The summed E-state index contributed by atoms with van der Waals surface area (Å²) in [5.74, 6) is 0.704. The van der Waals surface area contributed by atoms with Gasteiger partial charge in [0.25, 0.3) is 0 Å². The molecule has 0 radical (unpaired) electrons. The molecule has 0 unspecified atom stereocenters. The third-order valence-electron chi connectivity index (χ3n) is 4.20. The van der Waals surface area contributed by atoms with E-state index in [1.807, 2.05) is 6.92 Å². The SMILES string of the molecule is CCNC(=NCCN1CCCCCC1)NCCc1nc(C(F)(F)F)cs1. The fraction of sp³-hybridized carbons (Fsp3) is 0.765. The molecule has 0 spiro atoms. The molecule has 1 aromatic heterocycles. The minimum atomic E-state index is -4.37. The van der Waals surface area contributed by atoms with Gasteiger partial charge in [0.1, 0.15) is 0 Å². The standard InChI is InChI=1S/C17H28F3N5S/c1-2-21-16(23-9-12-25-10-5-3-4-6-11-25)22-8-7-15-24-14(13-26-15)17(18,19)20/h13H,2-12H2,1H3,(H2,21,22,23). The Morgan fingerprint density at radius 2 is 1.96 bits per heavy atom. The van der Waals surface area contributed by atoms with Crippen LogP contribution in [0, 0.1) is 0 Å². The number of guanidine groups is 1. The Bertz CT molecular complexity index is 551. The van der Waals surface area contributed by atoms with E-state index in [4.69, 9.17) is 0 Å². The van der Waals surface area contributed by atoms with Gasteiger partial charge >= 0.3 is 6.18 Å². The molecule has 0 aliphatic carbocycles. The molecule has 26 heavy (non-hydrogen) atoms. The van der Waals surface area contributed by atoms with Crippen LogP contribution in [0.15, 0.2) is 10.4 Å². The van der Waals surface area contributed by atoms with Crippen LogP contribution in [0.2, 0.25) is 0 Å². The topological polar surface area (TPSA) is 52.6 Å². The minimum absolute atomic E-state index is 0.442. The lowest BCUT2D eigenvalue weighted by Crippen LogP contribution is -2.39. The zero-order valence-electron chi connectivity index (χ0n) is 15.2. The summed E-state index contributed by atoms with van der Waals surface area (Å²) >= 11 is 1.04. The Balaban J connectivity index is 1.75. The number of thiazole rings is 1. The van der Waals surface area contributed by atoms with Crippen molar-refractivity contribution in [1.82, 2.24) is 20.5 Å². The molecule has 9 heteroatoms. The predicted molar refractivity (Wildman–Crippen MR) is 99.7 cm³/mol. The second-order valence-corrected chi connectivity index (χ2v) is 7.26. The average molecular weight is 392 g/mol. The smallest absolute Gasteiger partial charge is 0.357 e. The van der Waals surface area contributed by atoms with Crippen LogP contribution in [-0.2, 0) is 12.6 Å². The summed E-state index contributed by atoms with van der Waals surface area (Å²) in [6.45, 7) is 7.17. The maximum Gasteiger partial charge on any atom is 0.434 e. The number of hydrogen-bond acceptors (Lipinski definition) is 4. The maximum atomic E-state index is 12.6. The molecule has 0 aromatic carbocycles. The van der Waals surface area contributed by atoms with Crippen molar-refractivity contribution >= 4 is 17.3 Å². The van der Waals surface area contributed by atoms with Crippen molar-refractivity contribution in [2.45, 2.75) is 45.2 Å². The molecule has 0 saturated carbocycles. The molecule has 0 bridgehead atoms. The number of rotatable bonds is 7. The Hall–Kier alpha value is -1.35. The van der Waals surface area contributed by atoms with E-state index >= 15 is 0 Å². The Morgan fingerprint density at radius 1 is 1.23 bits per heavy atom. The highest BCUT2D eigenvalue weighted by atomic mass is 32.1. The summed E-state index contributed by atoms with van der Waals surface area (Å²) in [5.41, 5.74) is -0.810. The third-order valence-corrected chi connectivity index (χ3v) is 5.11. The van der Waals surface area contributed by atoms with Gasteiger partial charge in [0, 0.05) is 31.4 Å². The molecule has 1 aliphatic rings. The van der Waals surface area contributed by atoms with Crippen LogP contribution in [0.25, 0.3) is 0 Å². The van der Waals surface area contributed by atoms with Crippen LogP contribution in [0.3, 0.4) is 0 Å². The van der Waals surface area contributed by atoms with Crippen LogP contribution >= 0.6 is 11.3 Å². The molecule has 2 heterocycles. The van der Waals surface area contributed by atoms with Gasteiger partial charge in [0.15, 0.2) is 11.7 Å². The van der Waals surface area contributed by atoms with Gasteiger partial charge in [-0.2, -0.15) is 13.2 Å². The van der Waals surface area contributed by atoms with Crippen molar-refractivity contribution in [1.29, 1.82) is 0 Å². The Labute approximate surface area is 157 Å². The van der Waals surface area contributed by atoms with E-state index < -0.39 is 11.9 Å². The summed E-state index contributed by atoms with van der Waals surface area (Å²) in [6.07, 6.45) is 1.22. The van der Waals surface area contributed by atoms with Gasteiger partial charge in [-0.05, 0) is 32.9 Å². The maximum absolute atomic E-state index is 12.6. The lowest BCUT2D eigenvalue weighted by molar-refractivity contribution is -0.140. The van der Waals surface area contributed by atoms with Crippen LogP contribution in [0.1, 0.15) is 43.3 Å². The number of halogens is 3. The van der Waals surface area contributed by atoms with Crippen molar-refractivity contribution < 1.29 is 13.2 Å². The monoisotopic (exact) mass is 391 g/mol. The Kier molecular flexibility index (Phi) is 8.64. The van der Waals surface area contributed by atoms with Gasteiger partial charge in [-0.15, -0.1) is 11.3 Å². The third kappa shape index (κ3) is 7.49. The molecular weight excluding hydrogens is 363 g/mol. The zero-order valence-corrected chi connectivity index (χ0v) is 16.1. The quantitative estimate of drug-likeness (QED) is 0.554. The fourth-order valence-corrected chi connectivity index (χ4v) is 3.65. The van der Waals surface area contributed by atoms with Crippen LogP contribution in [0.4, 0.5) is 13.2 Å². The number of nitrogens with one attached hydrogen (secondary N) is 2. The number of aromatic nitrogens is 1. The number of aliphatic imine (C=N–C) groups is 1. The molecule has 2 N–H and O–H groups in total. The van der Waals surface area contributed by atoms with Gasteiger partial charge in [0.05, 0.1) is 11.6 Å². The highest BCUT2D eigenvalue weighted by Gasteiger charge is 2.33. The average Bonchev–Trinajstić information content (AvgIpc) is 2.92. The van der Waals surface area contributed by atoms with Crippen molar-refractivity contribution in [3.63, 3.8) is 0 Å². The van der Waals surface area contributed by atoms with Crippen molar-refractivity contribution in [3.8, 4) is 0 Å². The van der Waals surface area contributed by atoms with Crippen molar-refractivity contribution in [2.24, 2.45) is 4.99 Å². The van der Waals surface area contributed by atoms with E-state index in [1.165, 1.54) is 25.7 Å². The van der Waals surface area contributed by atoms with Crippen LogP contribution < -0.4 is 10.6 Å². The largest absolute Gasteiger partial charge is 0.434 e. The Morgan fingerprint density at radius 3 is 2.58 bits per heavy atom. The lowest BCUT2D eigenvalue weighted by atomic mass is 10.2. The van der Waals surface area contributed by atoms with E-state index in [2.05, 4.69) is 25.5 Å². The summed E-state index contributed by atoms with van der Waals surface area (Å²) in [6, 6.07) is 0. The molecule has 1 saturated heterocycles. The normalized spacial score (nSPS) is 17.2. The zero-order chi connectivity index (χ0) is 18.8. The molecule has 1 aliphatic heterocycles. The van der Waals surface area contributed by atoms with E-state index in [1.54, 1.807) is 0 Å². The summed E-state index contributed by atoms with van der Waals surface area (Å²) < 4.78 is 37.7. The highest BCUT2D eigenvalue weighted by Crippen LogP contribution is 2.29. The second-order valence-electron chi connectivity index (χ2n) is 6.32. The number of alkyl halides is 3. The molecule has 5 nitrogen and oxygen atoms in total. The first kappa shape index (κ1) is 21.0. The molecule has 2 rings (SSSR count). The van der Waals surface area contributed by atoms with E-state index in [0.717, 1.165) is 42.9 Å². The molecule has 1 fully saturated rings. The van der Waals surface area contributed by atoms with E-state index in [9.17, 15) is 13.2 Å². The number of likely N-dealkylation sites (tertiary alicyclic amines) is 1. The first-order valence-corrected chi connectivity index (χ1v) is 10.1. The van der Waals surface area contributed by atoms with Gasteiger partial charge in [-0.25, -0.2) is 4.98 Å². The second kappa shape index (κ2) is 10.7. The number of hydrogen-bond donors (Lipinski definition) is 2. The molecule has 148 valence electrons. The predicted octanol–water partition coefficient (Wildman–Crippen LogP) is 3.14. The molecule has 1 aromatic rings. The van der Waals surface area contributed by atoms with Gasteiger partial charge in [-0.1, -0.05) is 12.8 Å². The van der Waals surface area contributed by atoms with Crippen LogP contribution in [-0.4, -0.2) is 55.1 Å². The summed E-state index contributed by atoms with van der Waals surface area (Å²) in [5, 5.41) is 7.89. The minimum Gasteiger partial charge on any atom is -0.357 e. The van der Waals surface area contributed by atoms with E-state index in [-0.39, 0.29) is 0 Å². The first-order valence-electron chi connectivity index (χ1n) is 9.25. The lowest BCUT2D eigenvalue weighted by Gasteiger charge is -2.18. The van der Waals surface area contributed by atoms with Gasteiger partial charge in [-0.3, -0.25) is 4.99 Å². The highest BCUT2D eigenvalue weighted by molar-refractivity contribution is 7.09. The van der Waals surface area contributed by atoms with Crippen LogP contribution in [0.5, 0.6) is 0 Å². The number of nitrogens with zero attached hydrogens (tertiary/aromatic N) is 3.